The summed E-state index contributed by atoms with van der Waals surface area (Å²) in [7, 11) is 4.16. The van der Waals surface area contributed by atoms with Crippen LogP contribution in [0.15, 0.2) is 24.3 Å². The molecule has 0 saturated carbocycles. The summed E-state index contributed by atoms with van der Waals surface area (Å²) >= 11 is 0. The molecular weight excluding hydrogens is 198 g/mol. The van der Waals surface area contributed by atoms with Gasteiger partial charge in [-0.15, -0.1) is 0 Å². The molecule has 16 heavy (non-hydrogen) atoms. The van der Waals surface area contributed by atoms with Gasteiger partial charge in [-0.2, -0.15) is 0 Å². The van der Waals surface area contributed by atoms with E-state index in [1.54, 1.807) is 0 Å². The van der Waals surface area contributed by atoms with Crippen molar-refractivity contribution in [2.75, 3.05) is 43.9 Å². The summed E-state index contributed by atoms with van der Waals surface area (Å²) in [5.41, 5.74) is 2.51. The third kappa shape index (κ3) is 2.30. The molecule has 1 atom stereocenters. The molecule has 1 aliphatic heterocycles. The topological polar surface area (TPSA) is 18.5 Å². The molecule has 1 saturated heterocycles. The Morgan fingerprint density at radius 3 is 2.81 bits per heavy atom. The number of nitrogens with one attached hydrogen (secondary N) is 1. The lowest BCUT2D eigenvalue weighted by Crippen LogP contribution is -2.50. The lowest BCUT2D eigenvalue weighted by Gasteiger charge is -2.39. The highest BCUT2D eigenvalue weighted by Gasteiger charge is 2.20. The number of rotatable bonds is 2. The Morgan fingerprint density at radius 2 is 2.12 bits per heavy atom. The normalized spacial score (nSPS) is 22.2. The van der Waals surface area contributed by atoms with Gasteiger partial charge in [0.2, 0.25) is 0 Å². The van der Waals surface area contributed by atoms with Crippen LogP contribution in [0.1, 0.15) is 6.92 Å². The van der Waals surface area contributed by atoms with E-state index in [0.29, 0.717) is 6.04 Å². The van der Waals surface area contributed by atoms with Crippen LogP contribution in [0.4, 0.5) is 11.4 Å². The number of hydrogen-bond acceptors (Lipinski definition) is 3. The highest BCUT2D eigenvalue weighted by molar-refractivity contribution is 5.58. The number of likely N-dealkylation sites (N-methyl/N-ethyl adjacent to an activating group) is 1. The van der Waals surface area contributed by atoms with Crippen LogP contribution in [0.2, 0.25) is 0 Å². The third-order valence-electron chi connectivity index (χ3n) is 3.46. The van der Waals surface area contributed by atoms with Crippen molar-refractivity contribution < 1.29 is 0 Å². The average molecular weight is 219 g/mol. The predicted molar refractivity (Wildman–Crippen MR) is 70.3 cm³/mol. The van der Waals surface area contributed by atoms with Gasteiger partial charge in [-0.3, -0.25) is 0 Å². The molecule has 3 heteroatoms. The first-order valence-corrected chi connectivity index (χ1v) is 5.93. The summed E-state index contributed by atoms with van der Waals surface area (Å²) in [5, 5.41) is 3.19. The monoisotopic (exact) mass is 219 g/mol. The zero-order valence-corrected chi connectivity index (χ0v) is 10.4. The van der Waals surface area contributed by atoms with Crippen molar-refractivity contribution in [2.45, 2.75) is 13.0 Å². The summed E-state index contributed by atoms with van der Waals surface area (Å²) in [6.07, 6.45) is 0. The molecule has 2 rings (SSSR count). The molecule has 1 aromatic carbocycles. The van der Waals surface area contributed by atoms with Crippen molar-refractivity contribution >= 4 is 11.4 Å². The van der Waals surface area contributed by atoms with Crippen molar-refractivity contribution in [1.29, 1.82) is 0 Å². The van der Waals surface area contributed by atoms with Crippen LogP contribution < -0.4 is 10.2 Å². The molecule has 1 aliphatic rings. The molecule has 0 aromatic heterocycles. The number of benzene rings is 1. The summed E-state index contributed by atoms with van der Waals surface area (Å²) in [5.74, 6) is 0. The van der Waals surface area contributed by atoms with E-state index in [2.05, 4.69) is 53.4 Å². The first-order chi connectivity index (χ1) is 7.70. The quantitative estimate of drug-likeness (QED) is 0.819. The third-order valence-corrected chi connectivity index (χ3v) is 3.46. The van der Waals surface area contributed by atoms with Crippen LogP contribution >= 0.6 is 0 Å². The Morgan fingerprint density at radius 1 is 1.31 bits per heavy atom. The van der Waals surface area contributed by atoms with Crippen LogP contribution in [0, 0.1) is 0 Å². The molecule has 1 heterocycles. The summed E-state index contributed by atoms with van der Waals surface area (Å²) in [6.45, 7) is 5.66. The van der Waals surface area contributed by atoms with Crippen LogP contribution in [0.25, 0.3) is 0 Å². The molecule has 0 radical (unpaired) electrons. The predicted octanol–water partition coefficient (Wildman–Crippen LogP) is 1.87. The van der Waals surface area contributed by atoms with Gasteiger partial charge >= 0.3 is 0 Å². The number of piperazine rings is 1. The van der Waals surface area contributed by atoms with Crippen molar-refractivity contribution in [2.24, 2.45) is 0 Å². The van der Waals surface area contributed by atoms with Crippen molar-refractivity contribution in [3.8, 4) is 0 Å². The Balaban J connectivity index is 2.12. The maximum atomic E-state index is 3.19. The summed E-state index contributed by atoms with van der Waals surface area (Å²) in [4.78, 5) is 4.88. The molecule has 88 valence electrons. The van der Waals surface area contributed by atoms with E-state index in [0.717, 1.165) is 19.6 Å². The van der Waals surface area contributed by atoms with E-state index < -0.39 is 0 Å². The molecule has 0 aliphatic carbocycles. The van der Waals surface area contributed by atoms with E-state index >= 15 is 0 Å². The van der Waals surface area contributed by atoms with Gasteiger partial charge in [-0.25, -0.2) is 0 Å². The van der Waals surface area contributed by atoms with Crippen LogP contribution in [0.3, 0.4) is 0 Å². The standard InChI is InChI=1S/C13H21N3/c1-11-10-16(8-7-15(11)3)13-6-4-5-12(9-13)14-2/h4-6,9,11,14H,7-8,10H2,1-3H3. The van der Waals surface area contributed by atoms with E-state index in [4.69, 9.17) is 0 Å². The summed E-state index contributed by atoms with van der Waals surface area (Å²) in [6, 6.07) is 9.26. The lowest BCUT2D eigenvalue weighted by molar-refractivity contribution is 0.234. The lowest BCUT2D eigenvalue weighted by atomic mass is 10.1. The molecule has 1 N–H and O–H groups in total. The smallest absolute Gasteiger partial charge is 0.0387 e. The van der Waals surface area contributed by atoms with E-state index in [-0.39, 0.29) is 0 Å². The molecule has 0 spiro atoms. The minimum atomic E-state index is 0.631. The minimum Gasteiger partial charge on any atom is -0.388 e. The number of anilines is 2. The maximum Gasteiger partial charge on any atom is 0.0387 e. The van der Waals surface area contributed by atoms with Crippen molar-refractivity contribution in [3.05, 3.63) is 24.3 Å². The Hall–Kier alpha value is -1.22. The second-order valence-corrected chi connectivity index (χ2v) is 4.58. The fourth-order valence-corrected chi connectivity index (χ4v) is 2.14. The molecule has 0 amide bonds. The molecular formula is C13H21N3. The van der Waals surface area contributed by atoms with Gasteiger partial charge < -0.3 is 15.1 Å². The van der Waals surface area contributed by atoms with Crippen LogP contribution in [-0.4, -0.2) is 44.7 Å². The molecule has 1 unspecified atom stereocenters. The second kappa shape index (κ2) is 4.74. The summed E-state index contributed by atoms with van der Waals surface area (Å²) < 4.78 is 0. The SMILES string of the molecule is CNc1cccc(N2CCN(C)C(C)C2)c1. The molecule has 1 aromatic rings. The number of nitrogens with zero attached hydrogens (tertiary/aromatic N) is 2. The number of hydrogen-bond donors (Lipinski definition) is 1. The molecule has 0 bridgehead atoms. The van der Waals surface area contributed by atoms with Crippen molar-refractivity contribution in [1.82, 2.24) is 4.90 Å². The zero-order valence-electron chi connectivity index (χ0n) is 10.4. The Labute approximate surface area is 98.0 Å². The Bertz CT molecular complexity index is 351. The van der Waals surface area contributed by atoms with Gasteiger partial charge in [0.05, 0.1) is 0 Å². The highest BCUT2D eigenvalue weighted by Crippen LogP contribution is 2.21. The van der Waals surface area contributed by atoms with Gasteiger partial charge in [-0.05, 0) is 32.2 Å². The van der Waals surface area contributed by atoms with Gasteiger partial charge in [0.15, 0.2) is 0 Å². The van der Waals surface area contributed by atoms with Gasteiger partial charge in [-0.1, -0.05) is 6.07 Å². The fourth-order valence-electron chi connectivity index (χ4n) is 2.14. The van der Waals surface area contributed by atoms with E-state index in [1.807, 2.05) is 7.05 Å². The largest absolute Gasteiger partial charge is 0.388 e. The van der Waals surface area contributed by atoms with Gasteiger partial charge in [0, 0.05) is 44.1 Å². The maximum absolute atomic E-state index is 3.19. The molecule has 1 fully saturated rings. The zero-order chi connectivity index (χ0) is 11.5. The van der Waals surface area contributed by atoms with Crippen LogP contribution in [-0.2, 0) is 0 Å². The van der Waals surface area contributed by atoms with E-state index in [9.17, 15) is 0 Å². The average Bonchev–Trinajstić information content (AvgIpc) is 2.33. The first-order valence-electron chi connectivity index (χ1n) is 5.93. The van der Waals surface area contributed by atoms with Crippen LogP contribution in [0.5, 0.6) is 0 Å². The van der Waals surface area contributed by atoms with Gasteiger partial charge in [0.25, 0.3) is 0 Å². The Kier molecular flexibility index (Phi) is 3.34. The van der Waals surface area contributed by atoms with Gasteiger partial charge in [0.1, 0.15) is 0 Å². The fraction of sp³-hybridized carbons (Fsp3) is 0.538. The molecule has 3 nitrogen and oxygen atoms in total. The first kappa shape index (κ1) is 11.3. The minimum absolute atomic E-state index is 0.631. The highest BCUT2D eigenvalue weighted by atomic mass is 15.3. The second-order valence-electron chi connectivity index (χ2n) is 4.58. The van der Waals surface area contributed by atoms with E-state index in [1.165, 1.54) is 11.4 Å². The van der Waals surface area contributed by atoms with Crippen molar-refractivity contribution in [3.63, 3.8) is 0 Å².